The lowest BCUT2D eigenvalue weighted by Gasteiger charge is -2.13. The summed E-state index contributed by atoms with van der Waals surface area (Å²) in [6, 6.07) is 1.91. The van der Waals surface area contributed by atoms with E-state index in [1.165, 1.54) is 18.7 Å². The standard InChI is InChI=1S/C18H24N6O4/c1-10(2)8-22-14-15(19-17(22)24-12(4)7-11(3)20-24)21(5)18(27)23(16(14)26)9-13(25)28-6/h7,10H,8-9H2,1-6H3. The van der Waals surface area contributed by atoms with Crippen LogP contribution in [0.3, 0.4) is 0 Å². The third kappa shape index (κ3) is 3.14. The molecule has 10 nitrogen and oxygen atoms in total. The molecule has 0 amide bonds. The van der Waals surface area contributed by atoms with Gasteiger partial charge in [0.1, 0.15) is 6.54 Å². The van der Waals surface area contributed by atoms with E-state index >= 15 is 0 Å². The first-order valence-electron chi connectivity index (χ1n) is 8.96. The highest BCUT2D eigenvalue weighted by Gasteiger charge is 2.23. The molecule has 0 unspecified atom stereocenters. The van der Waals surface area contributed by atoms with Crippen LogP contribution in [0.15, 0.2) is 15.7 Å². The van der Waals surface area contributed by atoms with Crippen LogP contribution in [-0.4, -0.2) is 41.5 Å². The number of ether oxygens (including phenoxy) is 1. The van der Waals surface area contributed by atoms with Gasteiger partial charge in [-0.05, 0) is 25.8 Å². The minimum absolute atomic E-state index is 0.207. The molecule has 0 radical (unpaired) electrons. The number of aromatic nitrogens is 6. The van der Waals surface area contributed by atoms with Crippen LogP contribution in [0.4, 0.5) is 0 Å². The van der Waals surface area contributed by atoms with Crippen LogP contribution in [0.5, 0.6) is 0 Å². The zero-order valence-electron chi connectivity index (χ0n) is 16.9. The van der Waals surface area contributed by atoms with Crippen molar-refractivity contribution in [1.29, 1.82) is 0 Å². The van der Waals surface area contributed by atoms with Gasteiger partial charge in [0.2, 0.25) is 5.95 Å². The number of methoxy groups -OCH3 is 1. The first kappa shape index (κ1) is 19.6. The summed E-state index contributed by atoms with van der Waals surface area (Å²) in [6.07, 6.45) is 0. The Bertz CT molecular complexity index is 1180. The van der Waals surface area contributed by atoms with Gasteiger partial charge in [-0.25, -0.2) is 14.0 Å². The normalized spacial score (nSPS) is 11.5. The molecule has 0 atom stereocenters. The maximum Gasteiger partial charge on any atom is 0.333 e. The fourth-order valence-corrected chi connectivity index (χ4v) is 3.22. The van der Waals surface area contributed by atoms with Gasteiger partial charge >= 0.3 is 11.7 Å². The van der Waals surface area contributed by atoms with Gasteiger partial charge in [0, 0.05) is 19.3 Å². The largest absolute Gasteiger partial charge is 0.468 e. The number of carbonyl (C=O) groups excluding carboxylic acids is 1. The molecule has 150 valence electrons. The molecular weight excluding hydrogens is 364 g/mol. The van der Waals surface area contributed by atoms with Crippen LogP contribution in [0.25, 0.3) is 17.1 Å². The highest BCUT2D eigenvalue weighted by atomic mass is 16.5. The Morgan fingerprint density at radius 2 is 1.89 bits per heavy atom. The van der Waals surface area contributed by atoms with Gasteiger partial charge in [-0.2, -0.15) is 10.1 Å². The Morgan fingerprint density at radius 1 is 1.21 bits per heavy atom. The van der Waals surface area contributed by atoms with Crippen molar-refractivity contribution < 1.29 is 9.53 Å². The van der Waals surface area contributed by atoms with Gasteiger partial charge in [0.05, 0.1) is 12.8 Å². The van der Waals surface area contributed by atoms with E-state index in [1.54, 1.807) is 9.25 Å². The average molecular weight is 388 g/mol. The van der Waals surface area contributed by atoms with E-state index in [-0.39, 0.29) is 17.1 Å². The Morgan fingerprint density at radius 3 is 2.43 bits per heavy atom. The number of nitrogens with zero attached hydrogens (tertiary/aromatic N) is 6. The van der Waals surface area contributed by atoms with E-state index in [2.05, 4.69) is 14.8 Å². The number of fused-ring (bicyclic) bond motifs is 1. The first-order valence-corrected chi connectivity index (χ1v) is 8.96. The molecule has 10 heteroatoms. The molecule has 0 saturated heterocycles. The topological polar surface area (TPSA) is 106 Å². The Balaban J connectivity index is 2.41. The van der Waals surface area contributed by atoms with Crippen LogP contribution in [0, 0.1) is 19.8 Å². The molecular formula is C18H24N6O4. The second kappa shape index (κ2) is 7.10. The third-order valence-corrected chi connectivity index (χ3v) is 4.47. The van der Waals surface area contributed by atoms with Gasteiger partial charge in [-0.1, -0.05) is 13.8 Å². The maximum atomic E-state index is 13.1. The molecule has 0 aliphatic heterocycles. The van der Waals surface area contributed by atoms with Gasteiger partial charge in [-0.3, -0.25) is 14.2 Å². The van der Waals surface area contributed by atoms with Crippen molar-refractivity contribution in [2.75, 3.05) is 7.11 Å². The minimum atomic E-state index is -0.674. The number of carbonyl (C=O) groups is 1. The number of rotatable bonds is 5. The fourth-order valence-electron chi connectivity index (χ4n) is 3.22. The summed E-state index contributed by atoms with van der Waals surface area (Å²) in [5, 5.41) is 4.47. The van der Waals surface area contributed by atoms with Crippen molar-refractivity contribution in [3.8, 4) is 5.95 Å². The molecule has 0 N–H and O–H groups in total. The molecule has 0 saturated carbocycles. The lowest BCUT2D eigenvalue weighted by molar-refractivity contribution is -0.141. The van der Waals surface area contributed by atoms with Gasteiger partial charge in [-0.15, -0.1) is 0 Å². The summed E-state index contributed by atoms with van der Waals surface area (Å²) in [7, 11) is 2.73. The van der Waals surface area contributed by atoms with Crippen molar-refractivity contribution in [3.05, 3.63) is 38.3 Å². The van der Waals surface area contributed by atoms with E-state index < -0.39 is 23.8 Å². The number of esters is 1. The van der Waals surface area contributed by atoms with E-state index in [4.69, 9.17) is 0 Å². The van der Waals surface area contributed by atoms with E-state index in [9.17, 15) is 14.4 Å². The molecule has 0 bridgehead atoms. The highest BCUT2D eigenvalue weighted by Crippen LogP contribution is 2.18. The second-order valence-electron chi connectivity index (χ2n) is 7.24. The molecule has 3 heterocycles. The molecule has 3 rings (SSSR count). The Kier molecular flexibility index (Phi) is 4.97. The predicted octanol–water partition coefficient (Wildman–Crippen LogP) is 0.528. The smallest absolute Gasteiger partial charge is 0.333 e. The molecule has 0 aliphatic carbocycles. The predicted molar refractivity (Wildman–Crippen MR) is 103 cm³/mol. The first-order chi connectivity index (χ1) is 13.1. The van der Waals surface area contributed by atoms with Crippen LogP contribution in [0.2, 0.25) is 0 Å². The van der Waals surface area contributed by atoms with Crippen LogP contribution >= 0.6 is 0 Å². The quantitative estimate of drug-likeness (QED) is 0.590. The molecule has 0 aliphatic rings. The molecule has 3 aromatic rings. The van der Waals surface area contributed by atoms with Crippen LogP contribution < -0.4 is 11.2 Å². The number of aryl methyl sites for hydroxylation is 3. The van der Waals surface area contributed by atoms with Crippen molar-refractivity contribution in [2.24, 2.45) is 13.0 Å². The average Bonchev–Trinajstić information content (AvgIpc) is 3.15. The lowest BCUT2D eigenvalue weighted by atomic mass is 10.2. The van der Waals surface area contributed by atoms with Gasteiger partial charge < -0.3 is 9.30 Å². The van der Waals surface area contributed by atoms with Crippen molar-refractivity contribution in [3.63, 3.8) is 0 Å². The number of hydrogen-bond acceptors (Lipinski definition) is 6. The van der Waals surface area contributed by atoms with E-state index in [1.807, 2.05) is 33.8 Å². The van der Waals surface area contributed by atoms with Gasteiger partial charge in [0.25, 0.3) is 5.56 Å². The molecule has 0 aromatic carbocycles. The third-order valence-electron chi connectivity index (χ3n) is 4.47. The summed E-state index contributed by atoms with van der Waals surface area (Å²) in [5.41, 5.74) is 0.971. The number of imidazole rings is 1. The minimum Gasteiger partial charge on any atom is -0.468 e. The molecule has 28 heavy (non-hydrogen) atoms. The van der Waals surface area contributed by atoms with Crippen molar-refractivity contribution in [2.45, 2.75) is 40.8 Å². The molecule has 0 spiro atoms. The summed E-state index contributed by atoms with van der Waals surface area (Å²) in [6.45, 7) is 7.85. The summed E-state index contributed by atoms with van der Waals surface area (Å²) in [5.74, 6) is -0.0109. The SMILES string of the molecule is COC(=O)Cn1c(=O)c2c(nc(-n3nc(C)cc3C)n2CC(C)C)n(C)c1=O. The molecule has 0 fully saturated rings. The van der Waals surface area contributed by atoms with Crippen LogP contribution in [-0.2, 0) is 29.7 Å². The van der Waals surface area contributed by atoms with E-state index in [0.29, 0.717) is 12.5 Å². The highest BCUT2D eigenvalue weighted by molar-refractivity contribution is 5.74. The number of hydrogen-bond donors (Lipinski definition) is 0. The zero-order valence-corrected chi connectivity index (χ0v) is 16.9. The summed E-state index contributed by atoms with van der Waals surface area (Å²) in [4.78, 5) is 42.1. The summed E-state index contributed by atoms with van der Waals surface area (Å²) < 4.78 is 10.2. The maximum absolute atomic E-state index is 13.1. The zero-order chi connectivity index (χ0) is 20.7. The monoisotopic (exact) mass is 388 g/mol. The Hall–Kier alpha value is -3.17. The Labute approximate surface area is 161 Å². The van der Waals surface area contributed by atoms with Gasteiger partial charge in [0.15, 0.2) is 11.2 Å². The van der Waals surface area contributed by atoms with E-state index in [0.717, 1.165) is 16.0 Å². The van der Waals surface area contributed by atoms with Crippen molar-refractivity contribution in [1.82, 2.24) is 28.5 Å². The lowest BCUT2D eigenvalue weighted by Crippen LogP contribution is -2.41. The second-order valence-corrected chi connectivity index (χ2v) is 7.24. The summed E-state index contributed by atoms with van der Waals surface area (Å²) >= 11 is 0. The fraction of sp³-hybridized carbons (Fsp3) is 0.500. The van der Waals surface area contributed by atoms with Crippen LogP contribution in [0.1, 0.15) is 25.2 Å². The molecule has 3 aromatic heterocycles. The van der Waals surface area contributed by atoms with Crippen molar-refractivity contribution >= 4 is 17.1 Å².